The minimum Gasteiger partial charge on any atom is -0.341 e. The van der Waals surface area contributed by atoms with Crippen molar-refractivity contribution in [1.29, 1.82) is 0 Å². The van der Waals surface area contributed by atoms with E-state index in [9.17, 15) is 4.79 Å². The summed E-state index contributed by atoms with van der Waals surface area (Å²) < 4.78 is 1.12. The molecule has 0 bridgehead atoms. The van der Waals surface area contributed by atoms with Crippen molar-refractivity contribution in [1.82, 2.24) is 10.2 Å². The Labute approximate surface area is 121 Å². The van der Waals surface area contributed by atoms with Crippen LogP contribution < -0.4 is 5.32 Å². The van der Waals surface area contributed by atoms with Gasteiger partial charge in [0.25, 0.3) is 0 Å². The maximum Gasteiger partial charge on any atom is 0.222 e. The second-order valence-electron chi connectivity index (χ2n) is 4.91. The minimum absolute atomic E-state index is 0.268. The third-order valence-corrected chi connectivity index (χ3v) is 4.94. The topological polar surface area (TPSA) is 32.3 Å². The predicted octanol–water partition coefficient (Wildman–Crippen LogP) is 2.86. The van der Waals surface area contributed by atoms with Crippen LogP contribution >= 0.6 is 27.3 Å². The highest BCUT2D eigenvalue weighted by molar-refractivity contribution is 9.11. The summed E-state index contributed by atoms with van der Waals surface area (Å²) in [5.41, 5.74) is 1.20. The van der Waals surface area contributed by atoms with Gasteiger partial charge in [-0.1, -0.05) is 0 Å². The van der Waals surface area contributed by atoms with Gasteiger partial charge >= 0.3 is 0 Å². The predicted molar refractivity (Wildman–Crippen MR) is 78.7 cm³/mol. The first-order chi connectivity index (χ1) is 8.65. The molecule has 1 aliphatic rings. The first-order valence-electron chi connectivity index (χ1n) is 6.32. The Morgan fingerprint density at radius 1 is 1.56 bits per heavy atom. The van der Waals surface area contributed by atoms with E-state index in [1.807, 2.05) is 11.9 Å². The molecule has 0 aromatic carbocycles. The second kappa shape index (κ2) is 6.68. The minimum atomic E-state index is 0.268. The number of piperidine rings is 1. The summed E-state index contributed by atoms with van der Waals surface area (Å²) in [7, 11) is 1.90. The summed E-state index contributed by atoms with van der Waals surface area (Å²) in [4.78, 5) is 14.0. The molecule has 100 valence electrons. The number of amides is 1. The van der Waals surface area contributed by atoms with E-state index in [0.717, 1.165) is 29.7 Å². The van der Waals surface area contributed by atoms with Crippen LogP contribution in [0.5, 0.6) is 0 Å². The van der Waals surface area contributed by atoms with Crippen LogP contribution in [-0.2, 0) is 11.3 Å². The maximum absolute atomic E-state index is 12.1. The zero-order chi connectivity index (χ0) is 13.0. The van der Waals surface area contributed by atoms with Gasteiger partial charge in [0, 0.05) is 20.0 Å². The molecule has 1 amide bonds. The Morgan fingerprint density at radius 2 is 2.28 bits per heavy atom. The van der Waals surface area contributed by atoms with Crippen molar-refractivity contribution in [2.45, 2.75) is 25.8 Å². The van der Waals surface area contributed by atoms with Crippen LogP contribution in [0.4, 0.5) is 0 Å². The smallest absolute Gasteiger partial charge is 0.222 e. The number of hydrogen-bond donors (Lipinski definition) is 1. The van der Waals surface area contributed by atoms with Crippen LogP contribution in [0, 0.1) is 5.92 Å². The molecular weight excluding hydrogens is 312 g/mol. The molecular formula is C13H19BrN2OS. The van der Waals surface area contributed by atoms with Crippen molar-refractivity contribution in [3.05, 3.63) is 20.8 Å². The molecule has 0 atom stereocenters. The number of nitrogens with zero attached hydrogens (tertiary/aromatic N) is 1. The Bertz CT molecular complexity index is 401. The molecule has 0 aliphatic carbocycles. The van der Waals surface area contributed by atoms with E-state index in [1.54, 1.807) is 11.3 Å². The van der Waals surface area contributed by atoms with Gasteiger partial charge in [-0.2, -0.15) is 0 Å². The van der Waals surface area contributed by atoms with Gasteiger partial charge < -0.3 is 10.2 Å². The lowest BCUT2D eigenvalue weighted by molar-refractivity contribution is -0.131. The number of halogens is 1. The molecule has 0 radical (unpaired) electrons. The summed E-state index contributed by atoms with van der Waals surface area (Å²) in [6.45, 7) is 2.82. The maximum atomic E-state index is 12.1. The van der Waals surface area contributed by atoms with Gasteiger partial charge in [-0.15, -0.1) is 11.3 Å². The second-order valence-corrected chi connectivity index (χ2v) is 7.20. The van der Waals surface area contributed by atoms with E-state index in [0.29, 0.717) is 18.9 Å². The van der Waals surface area contributed by atoms with E-state index in [1.165, 1.54) is 5.56 Å². The molecule has 0 spiro atoms. The fourth-order valence-corrected chi connectivity index (χ4v) is 3.48. The normalized spacial score (nSPS) is 16.8. The third kappa shape index (κ3) is 4.07. The van der Waals surface area contributed by atoms with Crippen molar-refractivity contribution >= 4 is 33.2 Å². The number of hydrogen-bond acceptors (Lipinski definition) is 3. The first kappa shape index (κ1) is 14.0. The first-order valence-corrected chi connectivity index (χ1v) is 8.00. The Morgan fingerprint density at radius 3 is 2.89 bits per heavy atom. The van der Waals surface area contributed by atoms with Crippen LogP contribution in [0.3, 0.4) is 0 Å². The van der Waals surface area contributed by atoms with Gasteiger partial charge in [-0.05, 0) is 64.8 Å². The Kier molecular flexibility index (Phi) is 5.21. The molecule has 2 heterocycles. The van der Waals surface area contributed by atoms with E-state index in [-0.39, 0.29) is 5.91 Å². The average Bonchev–Trinajstić information content (AvgIpc) is 2.76. The van der Waals surface area contributed by atoms with E-state index in [2.05, 4.69) is 32.7 Å². The number of nitrogens with one attached hydrogen (secondary N) is 1. The van der Waals surface area contributed by atoms with Gasteiger partial charge in [-0.3, -0.25) is 4.79 Å². The molecule has 0 saturated carbocycles. The molecule has 1 aliphatic heterocycles. The summed E-state index contributed by atoms with van der Waals surface area (Å²) in [5.74, 6) is 0.833. The lowest BCUT2D eigenvalue weighted by atomic mass is 9.94. The molecule has 1 aromatic heterocycles. The van der Waals surface area contributed by atoms with Gasteiger partial charge in [-0.25, -0.2) is 0 Å². The standard InChI is InChI=1S/C13H19BrN2OS/c1-16(8-11-6-12(14)18-9-11)13(17)7-10-2-4-15-5-3-10/h6,9-10,15H,2-5,7-8H2,1H3. The SMILES string of the molecule is CN(Cc1csc(Br)c1)C(=O)CC1CCNCC1. The fraction of sp³-hybridized carbons (Fsp3) is 0.615. The molecule has 3 nitrogen and oxygen atoms in total. The quantitative estimate of drug-likeness (QED) is 0.920. The van der Waals surface area contributed by atoms with E-state index < -0.39 is 0 Å². The van der Waals surface area contributed by atoms with Gasteiger partial charge in [0.15, 0.2) is 0 Å². The fourth-order valence-electron chi connectivity index (χ4n) is 2.28. The van der Waals surface area contributed by atoms with Gasteiger partial charge in [0.05, 0.1) is 3.79 Å². The van der Waals surface area contributed by atoms with Crippen LogP contribution in [0.2, 0.25) is 0 Å². The van der Waals surface area contributed by atoms with Crippen molar-refractivity contribution in [3.8, 4) is 0 Å². The molecule has 1 saturated heterocycles. The highest BCUT2D eigenvalue weighted by atomic mass is 79.9. The monoisotopic (exact) mass is 330 g/mol. The molecule has 1 N–H and O–H groups in total. The van der Waals surface area contributed by atoms with Crippen LogP contribution in [0.1, 0.15) is 24.8 Å². The largest absolute Gasteiger partial charge is 0.341 e. The summed E-state index contributed by atoms with van der Waals surface area (Å²) in [6, 6.07) is 2.08. The Balaban J connectivity index is 1.80. The summed E-state index contributed by atoms with van der Waals surface area (Å²) in [6.07, 6.45) is 2.96. The third-order valence-electron chi connectivity index (χ3n) is 3.39. The van der Waals surface area contributed by atoms with Crippen molar-refractivity contribution in [3.63, 3.8) is 0 Å². The van der Waals surface area contributed by atoms with E-state index >= 15 is 0 Å². The summed E-state index contributed by atoms with van der Waals surface area (Å²) in [5, 5.41) is 5.43. The zero-order valence-electron chi connectivity index (χ0n) is 10.6. The highest BCUT2D eigenvalue weighted by Gasteiger charge is 2.19. The number of carbonyl (C=O) groups is 1. The highest BCUT2D eigenvalue weighted by Crippen LogP contribution is 2.22. The molecule has 1 aromatic rings. The van der Waals surface area contributed by atoms with Crippen LogP contribution in [0.15, 0.2) is 15.2 Å². The zero-order valence-corrected chi connectivity index (χ0v) is 13.0. The van der Waals surface area contributed by atoms with Crippen LogP contribution in [0.25, 0.3) is 0 Å². The van der Waals surface area contributed by atoms with Gasteiger partial charge in [0.2, 0.25) is 5.91 Å². The molecule has 1 fully saturated rings. The summed E-state index contributed by atoms with van der Waals surface area (Å²) >= 11 is 5.11. The van der Waals surface area contributed by atoms with Crippen molar-refractivity contribution in [2.24, 2.45) is 5.92 Å². The number of thiophene rings is 1. The van der Waals surface area contributed by atoms with Crippen molar-refractivity contribution in [2.75, 3.05) is 20.1 Å². The van der Waals surface area contributed by atoms with Crippen LogP contribution in [-0.4, -0.2) is 30.9 Å². The molecule has 0 unspecified atom stereocenters. The average molecular weight is 331 g/mol. The molecule has 5 heteroatoms. The van der Waals surface area contributed by atoms with Crippen molar-refractivity contribution < 1.29 is 4.79 Å². The molecule has 2 rings (SSSR count). The molecule has 18 heavy (non-hydrogen) atoms. The lowest BCUT2D eigenvalue weighted by Gasteiger charge is -2.24. The van der Waals surface area contributed by atoms with E-state index in [4.69, 9.17) is 0 Å². The number of carbonyl (C=O) groups excluding carboxylic acids is 1. The lowest BCUT2D eigenvalue weighted by Crippen LogP contribution is -2.33. The van der Waals surface area contributed by atoms with Gasteiger partial charge in [0.1, 0.15) is 0 Å². The number of rotatable bonds is 4. The Hall–Kier alpha value is -0.390.